The Morgan fingerprint density at radius 3 is 3.00 bits per heavy atom. The van der Waals surface area contributed by atoms with Crippen molar-refractivity contribution in [1.29, 1.82) is 0 Å². The highest BCUT2D eigenvalue weighted by atomic mass is 16.3. The largest absolute Gasteiger partial charge is 0.396 e. The average molecular weight is 207 g/mol. The molecule has 0 fully saturated rings. The molecule has 0 atom stereocenters. The van der Waals surface area contributed by atoms with Crippen molar-refractivity contribution in [3.8, 4) is 0 Å². The third-order valence-electron chi connectivity index (χ3n) is 2.10. The Morgan fingerprint density at radius 1 is 1.33 bits per heavy atom. The number of rotatable bonds is 5. The second kappa shape index (κ2) is 4.70. The van der Waals surface area contributed by atoms with Crippen LogP contribution in [0.2, 0.25) is 0 Å². The molecular formula is C9H13N5O. The molecule has 0 aliphatic carbocycles. The minimum absolute atomic E-state index is 0.111. The molecule has 2 aromatic heterocycles. The Balaban J connectivity index is 1.88. The smallest absolute Gasteiger partial charge is 0.0946 e. The maximum atomic E-state index is 8.72. The van der Waals surface area contributed by atoms with E-state index in [1.165, 1.54) is 0 Å². The van der Waals surface area contributed by atoms with Crippen LogP contribution >= 0.6 is 0 Å². The Labute approximate surface area is 87.2 Å². The topological polar surface area (TPSA) is 68.8 Å². The number of nitrogens with zero attached hydrogens (tertiary/aromatic N) is 5. The molecule has 1 N–H and O–H groups in total. The molecule has 15 heavy (non-hydrogen) atoms. The van der Waals surface area contributed by atoms with E-state index in [1.807, 2.05) is 17.0 Å². The zero-order valence-electron chi connectivity index (χ0n) is 8.32. The quantitative estimate of drug-likeness (QED) is 0.731. The van der Waals surface area contributed by atoms with Crippen LogP contribution in [0.3, 0.4) is 0 Å². The van der Waals surface area contributed by atoms with Gasteiger partial charge in [-0.05, 0) is 0 Å². The monoisotopic (exact) mass is 207 g/mol. The van der Waals surface area contributed by atoms with Crippen molar-refractivity contribution in [3.05, 3.63) is 30.6 Å². The van der Waals surface area contributed by atoms with Crippen LogP contribution in [0, 0.1) is 0 Å². The van der Waals surface area contributed by atoms with Crippen molar-refractivity contribution in [2.24, 2.45) is 0 Å². The second-order valence-electron chi connectivity index (χ2n) is 3.25. The lowest BCUT2D eigenvalue weighted by molar-refractivity contribution is 0.298. The van der Waals surface area contributed by atoms with Gasteiger partial charge in [0.25, 0.3) is 0 Å². The molecule has 80 valence electrons. The highest BCUT2D eigenvalue weighted by molar-refractivity contribution is 4.92. The van der Waals surface area contributed by atoms with Crippen molar-refractivity contribution >= 4 is 0 Å². The summed E-state index contributed by atoms with van der Waals surface area (Å²) in [5.41, 5.74) is 0.822. The molecule has 2 rings (SSSR count). The molecule has 0 saturated carbocycles. The number of aromatic nitrogens is 5. The Hall–Kier alpha value is -1.69. The van der Waals surface area contributed by atoms with Crippen molar-refractivity contribution in [3.63, 3.8) is 0 Å². The van der Waals surface area contributed by atoms with Gasteiger partial charge in [-0.1, -0.05) is 5.21 Å². The van der Waals surface area contributed by atoms with Gasteiger partial charge in [-0.3, -0.25) is 4.68 Å². The fraction of sp³-hybridized carbons (Fsp3) is 0.444. The molecule has 6 nitrogen and oxygen atoms in total. The molecule has 2 heterocycles. The molecule has 2 aromatic rings. The Morgan fingerprint density at radius 2 is 2.27 bits per heavy atom. The first kappa shape index (κ1) is 9.85. The Bertz CT molecular complexity index is 394. The van der Waals surface area contributed by atoms with Gasteiger partial charge in [0.05, 0.1) is 18.6 Å². The van der Waals surface area contributed by atoms with E-state index in [9.17, 15) is 0 Å². The molecule has 0 aliphatic rings. The molecule has 0 amide bonds. The SMILES string of the molecule is OCCc1cn(CCn2ccnc2)nn1. The number of imidazole rings is 1. The molecule has 0 radical (unpaired) electrons. The van der Waals surface area contributed by atoms with Crippen LogP contribution in [-0.4, -0.2) is 36.3 Å². The van der Waals surface area contributed by atoms with Crippen molar-refractivity contribution in [1.82, 2.24) is 24.5 Å². The predicted molar refractivity (Wildman–Crippen MR) is 53.0 cm³/mol. The Kier molecular flexibility index (Phi) is 3.08. The van der Waals surface area contributed by atoms with Gasteiger partial charge in [0.1, 0.15) is 0 Å². The van der Waals surface area contributed by atoms with Crippen molar-refractivity contribution in [2.45, 2.75) is 19.5 Å². The highest BCUT2D eigenvalue weighted by Gasteiger charge is 1.99. The second-order valence-corrected chi connectivity index (χ2v) is 3.25. The van der Waals surface area contributed by atoms with Gasteiger partial charge in [-0.2, -0.15) is 0 Å². The maximum absolute atomic E-state index is 8.72. The fourth-order valence-corrected chi connectivity index (χ4v) is 1.31. The van der Waals surface area contributed by atoms with Crippen LogP contribution in [0.1, 0.15) is 5.69 Å². The normalized spacial score (nSPS) is 10.7. The summed E-state index contributed by atoms with van der Waals surface area (Å²) in [4.78, 5) is 3.95. The first-order valence-electron chi connectivity index (χ1n) is 4.84. The van der Waals surface area contributed by atoms with Crippen LogP contribution in [0.5, 0.6) is 0 Å². The standard InChI is InChI=1S/C9H13N5O/c15-6-1-9-7-14(12-11-9)5-4-13-3-2-10-8-13/h2-3,7-8,15H,1,4-6H2. The highest BCUT2D eigenvalue weighted by Crippen LogP contribution is 1.95. The molecular weight excluding hydrogens is 194 g/mol. The van der Waals surface area contributed by atoms with Gasteiger partial charge in [-0.25, -0.2) is 4.98 Å². The van der Waals surface area contributed by atoms with Crippen LogP contribution in [0.15, 0.2) is 24.9 Å². The number of aliphatic hydroxyl groups excluding tert-OH is 1. The van der Waals surface area contributed by atoms with Crippen LogP contribution in [0.25, 0.3) is 0 Å². The minimum Gasteiger partial charge on any atom is -0.396 e. The summed E-state index contributed by atoms with van der Waals surface area (Å²) in [7, 11) is 0. The zero-order chi connectivity index (χ0) is 10.5. The van der Waals surface area contributed by atoms with E-state index in [0.717, 1.165) is 18.8 Å². The molecule has 6 heteroatoms. The maximum Gasteiger partial charge on any atom is 0.0946 e. The third kappa shape index (κ3) is 2.63. The van der Waals surface area contributed by atoms with E-state index < -0.39 is 0 Å². The lowest BCUT2D eigenvalue weighted by atomic mass is 10.3. The molecule has 0 unspecified atom stereocenters. The van der Waals surface area contributed by atoms with Crippen molar-refractivity contribution in [2.75, 3.05) is 6.61 Å². The zero-order valence-corrected chi connectivity index (χ0v) is 8.32. The van der Waals surface area contributed by atoms with E-state index in [0.29, 0.717) is 6.42 Å². The van der Waals surface area contributed by atoms with Crippen LogP contribution < -0.4 is 0 Å². The lowest BCUT2D eigenvalue weighted by Crippen LogP contribution is -2.06. The molecule has 0 saturated heterocycles. The van der Waals surface area contributed by atoms with Crippen LogP contribution in [0.4, 0.5) is 0 Å². The van der Waals surface area contributed by atoms with E-state index in [2.05, 4.69) is 15.3 Å². The number of hydrogen-bond acceptors (Lipinski definition) is 4. The number of aliphatic hydroxyl groups is 1. The fourth-order valence-electron chi connectivity index (χ4n) is 1.31. The molecule has 0 aliphatic heterocycles. The van der Waals surface area contributed by atoms with E-state index in [4.69, 9.17) is 5.11 Å². The van der Waals surface area contributed by atoms with Crippen LogP contribution in [-0.2, 0) is 19.5 Å². The summed E-state index contributed by atoms with van der Waals surface area (Å²) in [6, 6.07) is 0. The van der Waals surface area contributed by atoms with Gasteiger partial charge >= 0.3 is 0 Å². The summed E-state index contributed by atoms with van der Waals surface area (Å²) in [5, 5.41) is 16.6. The van der Waals surface area contributed by atoms with Gasteiger partial charge in [0.15, 0.2) is 0 Å². The summed E-state index contributed by atoms with van der Waals surface area (Å²) in [6.45, 7) is 1.69. The summed E-state index contributed by atoms with van der Waals surface area (Å²) < 4.78 is 3.75. The molecule has 0 aromatic carbocycles. The lowest BCUT2D eigenvalue weighted by Gasteiger charge is -2.00. The number of aryl methyl sites for hydroxylation is 2. The molecule has 0 spiro atoms. The third-order valence-corrected chi connectivity index (χ3v) is 2.10. The van der Waals surface area contributed by atoms with Gasteiger partial charge in [0.2, 0.25) is 0 Å². The molecule has 0 bridgehead atoms. The summed E-state index contributed by atoms with van der Waals surface area (Å²) >= 11 is 0. The van der Waals surface area contributed by atoms with E-state index in [1.54, 1.807) is 17.2 Å². The van der Waals surface area contributed by atoms with E-state index in [-0.39, 0.29) is 6.61 Å². The van der Waals surface area contributed by atoms with Gasteiger partial charge in [0, 0.05) is 38.2 Å². The van der Waals surface area contributed by atoms with Gasteiger partial charge in [-0.15, -0.1) is 5.10 Å². The van der Waals surface area contributed by atoms with Crippen molar-refractivity contribution < 1.29 is 5.11 Å². The minimum atomic E-state index is 0.111. The number of hydrogen-bond donors (Lipinski definition) is 1. The van der Waals surface area contributed by atoms with E-state index >= 15 is 0 Å². The van der Waals surface area contributed by atoms with Gasteiger partial charge < -0.3 is 9.67 Å². The summed E-state index contributed by atoms with van der Waals surface area (Å²) in [6.07, 6.45) is 7.84. The predicted octanol–water partition coefficient (Wildman–Crippen LogP) is -0.290. The average Bonchev–Trinajstić information content (AvgIpc) is 2.85. The summed E-state index contributed by atoms with van der Waals surface area (Å²) in [5.74, 6) is 0. The first-order chi connectivity index (χ1) is 7.38. The first-order valence-corrected chi connectivity index (χ1v) is 4.84.